The summed E-state index contributed by atoms with van der Waals surface area (Å²) < 4.78 is 5.95. The minimum atomic E-state index is -0.694. The van der Waals surface area contributed by atoms with E-state index in [0.717, 1.165) is 58.9 Å². The topological polar surface area (TPSA) is 113 Å². The van der Waals surface area contributed by atoms with Crippen LogP contribution in [0.2, 0.25) is 0 Å². The Labute approximate surface area is 242 Å². The van der Waals surface area contributed by atoms with Crippen LogP contribution in [-0.2, 0) is 6.42 Å². The van der Waals surface area contributed by atoms with Gasteiger partial charge in [-0.15, -0.1) is 5.10 Å². The first kappa shape index (κ1) is 27.9. The molecule has 0 saturated heterocycles. The van der Waals surface area contributed by atoms with Gasteiger partial charge in [0.2, 0.25) is 5.82 Å². The Morgan fingerprint density at radius 2 is 1.93 bits per heavy atom. The lowest BCUT2D eigenvalue weighted by Gasteiger charge is -2.45. The summed E-state index contributed by atoms with van der Waals surface area (Å²) in [5.74, 6) is 4.50. The van der Waals surface area contributed by atoms with E-state index in [1.165, 1.54) is 44.9 Å². The highest BCUT2D eigenvalue weighted by atomic mass is 16.5. The number of aliphatic hydroxyl groups is 1. The Hall–Kier alpha value is -3.26. The first-order valence-electron chi connectivity index (χ1n) is 15.3. The third-order valence-electron chi connectivity index (χ3n) is 9.53. The van der Waals surface area contributed by atoms with Gasteiger partial charge in [0.1, 0.15) is 17.4 Å². The van der Waals surface area contributed by atoms with Crippen molar-refractivity contribution in [1.29, 1.82) is 0 Å². The molecule has 1 amide bonds. The van der Waals surface area contributed by atoms with Gasteiger partial charge in [-0.1, -0.05) is 6.07 Å². The Kier molecular flexibility index (Phi) is 7.62. The van der Waals surface area contributed by atoms with E-state index in [4.69, 9.17) is 4.74 Å². The predicted molar refractivity (Wildman–Crippen MR) is 159 cm³/mol. The molecule has 218 valence electrons. The second-order valence-electron chi connectivity index (χ2n) is 13.7. The lowest BCUT2D eigenvalue weighted by Crippen LogP contribution is -2.36. The molecule has 2 aromatic heterocycles. The van der Waals surface area contributed by atoms with Crippen molar-refractivity contribution in [1.82, 2.24) is 20.2 Å². The number of amides is 1. The lowest BCUT2D eigenvalue weighted by molar-refractivity contribution is 0.0640. The Morgan fingerprint density at radius 1 is 1.15 bits per heavy atom. The number of fused-ring (bicyclic) bond motifs is 1. The molecule has 7 rings (SSSR count). The molecule has 4 aliphatic carbocycles. The fourth-order valence-corrected chi connectivity index (χ4v) is 7.89. The van der Waals surface area contributed by atoms with Crippen molar-refractivity contribution in [3.8, 4) is 16.9 Å². The van der Waals surface area contributed by atoms with Crippen LogP contribution in [-0.4, -0.2) is 43.4 Å². The Bertz CT molecular complexity index is 1380. The number of hydrogen-bond donors (Lipinski definition) is 3. The molecule has 3 aromatic rings. The van der Waals surface area contributed by atoms with Gasteiger partial charge in [0, 0.05) is 12.6 Å². The first-order chi connectivity index (χ1) is 19.6. The van der Waals surface area contributed by atoms with E-state index in [-0.39, 0.29) is 11.7 Å². The molecule has 0 spiro atoms. The number of carbonyl (C=O) groups excluding carboxylic acids is 1. The van der Waals surface area contributed by atoms with Gasteiger partial charge in [-0.2, -0.15) is 0 Å². The summed E-state index contributed by atoms with van der Waals surface area (Å²) in [6.45, 7) is 6.20. The van der Waals surface area contributed by atoms with E-state index in [0.29, 0.717) is 24.3 Å². The maximum Gasteiger partial charge on any atom is 0.296 e. The number of hydrogen-bond acceptors (Lipinski definition) is 6. The fraction of sp³-hybridized carbons (Fsp3) is 0.576. The largest absolute Gasteiger partial charge is 0.494 e. The number of aryl methyl sites for hydroxylation is 1. The minimum absolute atomic E-state index is 0.159. The number of aromatic amines is 1. The van der Waals surface area contributed by atoms with E-state index in [1.54, 1.807) is 6.20 Å². The zero-order chi connectivity index (χ0) is 28.6. The van der Waals surface area contributed by atoms with Crippen LogP contribution in [0.3, 0.4) is 0 Å². The van der Waals surface area contributed by atoms with Crippen LogP contribution in [0.4, 0.5) is 5.82 Å². The van der Waals surface area contributed by atoms with Crippen LogP contribution in [0.1, 0.15) is 93.6 Å². The highest BCUT2D eigenvalue weighted by molar-refractivity contribution is 6.01. The predicted octanol–water partition coefficient (Wildman–Crippen LogP) is 6.51. The van der Waals surface area contributed by atoms with Gasteiger partial charge in [-0.05, 0) is 143 Å². The standard InChI is InChI=1S/C33H43N5O3/c1-21-5-6-26(41-12-4-9-32(2,3)40)17-27(21)25-8-11-34-28(16-25)36-31(39)30-35-29(37-38-30)20-33-10-7-22-13-23(18-33)15-24(14-22)19-33/h5-6,8,11,16-17,22-24,40H,4,7,9-10,12-15,18-20H2,1-3H3,(H,34,36,39)(H,35,37,38). The van der Waals surface area contributed by atoms with E-state index in [1.807, 2.05) is 51.1 Å². The van der Waals surface area contributed by atoms with Gasteiger partial charge in [0.05, 0.1) is 12.2 Å². The van der Waals surface area contributed by atoms with Gasteiger partial charge in [-0.25, -0.2) is 9.97 Å². The number of aromatic nitrogens is 4. The number of nitrogens with zero attached hydrogens (tertiary/aromatic N) is 3. The molecule has 8 heteroatoms. The van der Waals surface area contributed by atoms with Crippen molar-refractivity contribution in [2.24, 2.45) is 23.2 Å². The monoisotopic (exact) mass is 557 g/mol. The Morgan fingerprint density at radius 3 is 2.71 bits per heavy atom. The van der Waals surface area contributed by atoms with E-state index in [9.17, 15) is 9.90 Å². The van der Waals surface area contributed by atoms with Crippen molar-refractivity contribution >= 4 is 11.7 Å². The van der Waals surface area contributed by atoms with Crippen LogP contribution in [0, 0.1) is 30.1 Å². The molecule has 4 bridgehead atoms. The minimum Gasteiger partial charge on any atom is -0.494 e. The maximum atomic E-state index is 13.1. The molecular formula is C33H43N5O3. The second-order valence-corrected chi connectivity index (χ2v) is 13.7. The van der Waals surface area contributed by atoms with Gasteiger partial charge >= 0.3 is 0 Å². The molecule has 2 heterocycles. The maximum absolute atomic E-state index is 13.1. The van der Waals surface area contributed by atoms with Crippen LogP contribution in [0.5, 0.6) is 5.75 Å². The molecule has 0 radical (unpaired) electrons. The number of nitrogens with one attached hydrogen (secondary N) is 2. The molecule has 3 N–H and O–H groups in total. The Balaban J connectivity index is 1.10. The molecule has 4 aliphatic rings. The highest BCUT2D eigenvalue weighted by Crippen LogP contribution is 2.58. The molecule has 2 unspecified atom stereocenters. The van der Waals surface area contributed by atoms with E-state index < -0.39 is 5.60 Å². The average molecular weight is 558 g/mol. The van der Waals surface area contributed by atoms with Crippen LogP contribution < -0.4 is 10.1 Å². The highest BCUT2D eigenvalue weighted by Gasteiger charge is 2.47. The molecule has 4 fully saturated rings. The van der Waals surface area contributed by atoms with Gasteiger partial charge in [0.15, 0.2) is 0 Å². The summed E-state index contributed by atoms with van der Waals surface area (Å²) in [5, 5.41) is 20.2. The number of pyridine rings is 1. The zero-order valence-electron chi connectivity index (χ0n) is 24.6. The van der Waals surface area contributed by atoms with E-state index >= 15 is 0 Å². The third-order valence-corrected chi connectivity index (χ3v) is 9.53. The van der Waals surface area contributed by atoms with Crippen molar-refractivity contribution in [2.75, 3.05) is 11.9 Å². The smallest absolute Gasteiger partial charge is 0.296 e. The second kappa shape index (κ2) is 11.2. The van der Waals surface area contributed by atoms with Crippen molar-refractivity contribution in [3.05, 3.63) is 53.7 Å². The molecule has 4 saturated carbocycles. The summed E-state index contributed by atoms with van der Waals surface area (Å²) in [4.78, 5) is 22.1. The lowest BCUT2D eigenvalue weighted by atomic mass is 9.60. The molecular weight excluding hydrogens is 514 g/mol. The number of carbonyl (C=O) groups is 1. The fourth-order valence-electron chi connectivity index (χ4n) is 7.89. The third kappa shape index (κ3) is 6.64. The van der Waals surface area contributed by atoms with Crippen molar-refractivity contribution in [3.63, 3.8) is 0 Å². The molecule has 41 heavy (non-hydrogen) atoms. The molecule has 0 aliphatic heterocycles. The molecule has 2 atom stereocenters. The number of H-pyrrole nitrogens is 1. The van der Waals surface area contributed by atoms with Crippen LogP contribution >= 0.6 is 0 Å². The number of benzene rings is 1. The van der Waals surface area contributed by atoms with Gasteiger partial charge in [-0.3, -0.25) is 9.89 Å². The quantitative estimate of drug-likeness (QED) is 0.245. The summed E-state index contributed by atoms with van der Waals surface area (Å²) in [6, 6.07) is 9.78. The van der Waals surface area contributed by atoms with Crippen molar-refractivity contribution < 1.29 is 14.6 Å². The molecule has 8 nitrogen and oxygen atoms in total. The zero-order valence-corrected chi connectivity index (χ0v) is 24.6. The average Bonchev–Trinajstić information content (AvgIpc) is 3.29. The SMILES string of the molecule is Cc1ccc(OCCCC(C)(C)O)cc1-c1ccnc(NC(=O)c2n[nH]c(CC34CCC5CC(CC(C5)C3)C4)n2)c1. The van der Waals surface area contributed by atoms with E-state index in [2.05, 4.69) is 25.5 Å². The van der Waals surface area contributed by atoms with Crippen LogP contribution in [0.25, 0.3) is 11.1 Å². The van der Waals surface area contributed by atoms with Gasteiger partial charge in [0.25, 0.3) is 5.91 Å². The summed E-state index contributed by atoms with van der Waals surface area (Å²) in [5.41, 5.74) is 2.66. The molecule has 1 aromatic carbocycles. The van der Waals surface area contributed by atoms with Crippen molar-refractivity contribution in [2.45, 2.75) is 90.6 Å². The summed E-state index contributed by atoms with van der Waals surface area (Å²) in [6.07, 6.45) is 13.5. The number of ether oxygens (including phenoxy) is 1. The number of rotatable bonds is 10. The normalized spacial score (nSPS) is 25.2. The summed E-state index contributed by atoms with van der Waals surface area (Å²) >= 11 is 0. The van der Waals surface area contributed by atoms with Crippen LogP contribution in [0.15, 0.2) is 36.5 Å². The van der Waals surface area contributed by atoms with Gasteiger partial charge < -0.3 is 15.2 Å². The number of anilines is 1. The first-order valence-corrected chi connectivity index (χ1v) is 15.3. The summed E-state index contributed by atoms with van der Waals surface area (Å²) in [7, 11) is 0.